The van der Waals surface area contributed by atoms with Crippen molar-refractivity contribution in [3.8, 4) is 5.88 Å². The number of hydrogen-bond acceptors (Lipinski definition) is 15. The van der Waals surface area contributed by atoms with Crippen molar-refractivity contribution >= 4 is 55.4 Å². The Morgan fingerprint density at radius 2 is 1.62 bits per heavy atom. The normalized spacial score (nSPS) is 28.8. The molecule has 3 aliphatic carbocycles. The minimum Gasteiger partial charge on any atom is -0.468 e. The maximum Gasteiger partial charge on any atom is 0.293 e. The zero-order valence-corrected chi connectivity index (χ0v) is 46.0. The number of rotatable bonds is 12. The van der Waals surface area contributed by atoms with Crippen molar-refractivity contribution < 1.29 is 37.8 Å². The number of nitro groups is 1. The number of amides is 1. The molecule has 78 heavy (non-hydrogen) atoms. The first kappa shape index (κ1) is 52.8. The lowest BCUT2D eigenvalue weighted by Crippen LogP contribution is -2.61. The molecular weight excluding hydrogens is 1010 g/mol. The van der Waals surface area contributed by atoms with E-state index in [1.807, 2.05) is 44.3 Å². The zero-order chi connectivity index (χ0) is 54.1. The van der Waals surface area contributed by atoms with E-state index < -0.39 is 48.7 Å². The van der Waals surface area contributed by atoms with Crippen LogP contribution in [0.5, 0.6) is 5.88 Å². The molecule has 3 saturated heterocycles. The number of piperazine rings is 1. The molecule has 5 aromatic rings. The lowest BCUT2D eigenvalue weighted by Gasteiger charge is -2.59. The quantitative estimate of drug-likeness (QED) is 0.0583. The Morgan fingerprint density at radius 3 is 2.36 bits per heavy atom. The van der Waals surface area contributed by atoms with Gasteiger partial charge in [0.2, 0.25) is 5.88 Å². The fourth-order valence-corrected chi connectivity index (χ4v) is 15.3. The van der Waals surface area contributed by atoms with E-state index in [2.05, 4.69) is 65.8 Å². The number of H-pyrrole nitrogens is 1. The van der Waals surface area contributed by atoms with Crippen LogP contribution in [0.15, 0.2) is 83.9 Å². The minimum absolute atomic E-state index is 0.114. The van der Waals surface area contributed by atoms with Crippen LogP contribution in [0.25, 0.3) is 11.0 Å². The molecule has 0 unspecified atom stereocenters. The van der Waals surface area contributed by atoms with Gasteiger partial charge in [-0.25, -0.2) is 13.1 Å². The molecule has 1 amide bonds. The summed E-state index contributed by atoms with van der Waals surface area (Å²) >= 11 is 0. The number of carbonyl (C=O) groups excluding carboxylic acids is 1. The van der Waals surface area contributed by atoms with Crippen LogP contribution < -0.4 is 24.6 Å². The molecule has 0 radical (unpaired) electrons. The van der Waals surface area contributed by atoms with E-state index >= 15 is 0 Å². The summed E-state index contributed by atoms with van der Waals surface area (Å²) in [5.41, 5.74) is 4.28. The van der Waals surface area contributed by atoms with Gasteiger partial charge in [-0.05, 0) is 169 Å². The maximum atomic E-state index is 14.8. The number of benzene rings is 3. The molecule has 0 bridgehead atoms. The molecule has 1 spiro atoms. The van der Waals surface area contributed by atoms with E-state index in [1.165, 1.54) is 23.3 Å². The van der Waals surface area contributed by atoms with Gasteiger partial charge in [-0.15, -0.1) is 0 Å². The van der Waals surface area contributed by atoms with Crippen LogP contribution in [-0.4, -0.2) is 137 Å². The predicted octanol–water partition coefficient (Wildman–Crippen LogP) is 8.74. The number of aryl methyl sites for hydroxylation is 1. The van der Waals surface area contributed by atoms with Gasteiger partial charge in [-0.1, -0.05) is 24.3 Å². The highest BCUT2D eigenvalue weighted by Crippen LogP contribution is 2.54. The second-order valence-electron chi connectivity index (χ2n) is 24.5. The van der Waals surface area contributed by atoms with Gasteiger partial charge in [-0.3, -0.25) is 24.7 Å². The van der Waals surface area contributed by atoms with Crippen LogP contribution in [0.3, 0.4) is 0 Å². The molecule has 2 aromatic heterocycles. The highest BCUT2D eigenvalue weighted by molar-refractivity contribution is 7.90. The molecule has 6 heterocycles. The lowest BCUT2D eigenvalue weighted by molar-refractivity contribution is -0.384. The third kappa shape index (κ3) is 10.5. The van der Waals surface area contributed by atoms with E-state index in [4.69, 9.17) is 14.5 Å². The van der Waals surface area contributed by atoms with Crippen molar-refractivity contribution in [3.63, 3.8) is 0 Å². The second kappa shape index (κ2) is 20.7. The average molecular weight is 1090 g/mol. The summed E-state index contributed by atoms with van der Waals surface area (Å²) in [5.74, 6) is -0.318. The van der Waals surface area contributed by atoms with Crippen molar-refractivity contribution in [3.05, 3.63) is 106 Å². The first-order valence-electron chi connectivity index (χ1n) is 28.4. The number of carbonyl (C=O) groups is 1. The number of hydrogen-bond donors (Lipinski definition) is 5. The molecule has 7 aliphatic rings. The van der Waals surface area contributed by atoms with Gasteiger partial charge in [0.1, 0.15) is 23.1 Å². The number of nitrogens with one attached hydrogen (secondary N) is 3. The van der Waals surface area contributed by atoms with Crippen molar-refractivity contribution in [2.45, 2.75) is 151 Å². The Hall–Kier alpha value is -5.83. The summed E-state index contributed by atoms with van der Waals surface area (Å²) in [4.78, 5) is 44.2. The van der Waals surface area contributed by atoms with Gasteiger partial charge in [-0.2, -0.15) is 4.98 Å². The molecule has 19 heteroatoms. The summed E-state index contributed by atoms with van der Waals surface area (Å²) in [6.45, 7) is 12.0. The van der Waals surface area contributed by atoms with E-state index in [0.717, 1.165) is 114 Å². The molecule has 3 atom stereocenters. The Kier molecular flexibility index (Phi) is 14.0. The number of aromatic amines is 1. The van der Waals surface area contributed by atoms with Gasteiger partial charge in [0.15, 0.2) is 0 Å². The molecular formula is C59H75N9O9S. The fraction of sp³-hybridized carbons (Fsp3) is 0.559. The molecule has 416 valence electrons. The number of nitro benzene ring substituents is 1. The van der Waals surface area contributed by atoms with Crippen molar-refractivity contribution in [1.82, 2.24) is 24.5 Å². The summed E-state index contributed by atoms with van der Waals surface area (Å²) in [7, 11) is -4.63. The molecule has 4 aliphatic heterocycles. The highest BCUT2D eigenvalue weighted by Gasteiger charge is 2.51. The number of anilines is 4. The van der Waals surface area contributed by atoms with Gasteiger partial charge >= 0.3 is 0 Å². The van der Waals surface area contributed by atoms with E-state index in [1.54, 1.807) is 6.07 Å². The third-order valence-electron chi connectivity index (χ3n) is 19.1. The van der Waals surface area contributed by atoms with Crippen molar-refractivity contribution in [2.75, 3.05) is 67.6 Å². The largest absolute Gasteiger partial charge is 0.468 e. The number of pyridine rings is 1. The van der Waals surface area contributed by atoms with Crippen LogP contribution in [-0.2, 0) is 14.8 Å². The molecule has 18 nitrogen and oxygen atoms in total. The highest BCUT2D eigenvalue weighted by atomic mass is 32.2. The van der Waals surface area contributed by atoms with E-state index in [0.29, 0.717) is 80.0 Å². The van der Waals surface area contributed by atoms with Gasteiger partial charge in [0.05, 0.1) is 44.9 Å². The minimum atomic E-state index is -4.63. The Balaban J connectivity index is 0.797. The first-order chi connectivity index (χ1) is 37.4. The first-order valence-corrected chi connectivity index (χ1v) is 29.9. The van der Waals surface area contributed by atoms with Crippen molar-refractivity contribution in [2.24, 2.45) is 11.3 Å². The van der Waals surface area contributed by atoms with E-state index in [-0.39, 0.29) is 28.6 Å². The fourth-order valence-electron chi connectivity index (χ4n) is 14.3. The van der Waals surface area contributed by atoms with Gasteiger partial charge < -0.3 is 39.8 Å². The molecule has 6 fully saturated rings. The molecule has 3 aromatic carbocycles. The number of aliphatic hydroxyl groups is 2. The van der Waals surface area contributed by atoms with E-state index in [9.17, 15) is 33.5 Å². The third-order valence-corrected chi connectivity index (χ3v) is 20.4. The van der Waals surface area contributed by atoms with Gasteiger partial charge in [0, 0.05) is 87.3 Å². The zero-order valence-electron chi connectivity index (χ0n) is 45.2. The summed E-state index contributed by atoms with van der Waals surface area (Å²) in [6.07, 6.45) is 12.9. The van der Waals surface area contributed by atoms with Gasteiger partial charge in [0.25, 0.3) is 21.6 Å². The summed E-state index contributed by atoms with van der Waals surface area (Å²) < 4.78 is 43.3. The number of nitrogens with zero attached hydrogens (tertiary/aromatic N) is 6. The number of sulfonamides is 1. The molecule has 12 rings (SSSR count). The molecule has 5 N–H and O–H groups in total. The number of aromatic nitrogens is 2. The lowest BCUT2D eigenvalue weighted by atomic mass is 9.59. The van der Waals surface area contributed by atoms with Crippen LogP contribution >= 0.6 is 0 Å². The predicted molar refractivity (Wildman–Crippen MR) is 299 cm³/mol. The second-order valence-corrected chi connectivity index (χ2v) is 26.1. The summed E-state index contributed by atoms with van der Waals surface area (Å²) in [5, 5.41) is 37.6. The standard InChI is InChI=1S/C59H75N9O9S/c1-38-6-4-5-7-45(38)52-36-65(41-14-20-58(3,71)21-15-41)27-28-66(52)43-33-59(34-43)22-25-64(26-23-59)42-8-10-46(49(31-42)67-48-17-29-76-37-53(48)77-56-51(67)30-40-16-24-60-54(40)62-56)55(69)63-78(74,75)44-9-11-47(50(32-44)68(72)73)61-35-39-12-18-57(2,70)19-13-39/h4-11,16,24,30-32,39,41,43,48,52-53,61,70-71H,12-15,17-23,25-29,33-37H2,1-3H3,(H,60,62)(H,63,69)/t39?,41?,48-,52-,53-,57?,58?/m0/s1. The SMILES string of the molecule is Cc1ccccc1[C@@H]1CN(C2CCC(C)(O)CC2)CCN1C1CC2(CCN(c3ccc(C(=O)NS(=O)(=O)c4ccc(NCC5CCC(C)(O)CC5)c([N+](=O)[O-])c4)c(N4c5cc6cc[nH]c6nc5O[C@H]5COCC[C@@H]54)c3)CC2)C1. The molecule has 3 saturated carbocycles. The topological polar surface area (TPSA) is 219 Å². The Labute approximate surface area is 457 Å². The van der Waals surface area contributed by atoms with Crippen LogP contribution in [0.2, 0.25) is 0 Å². The monoisotopic (exact) mass is 1090 g/mol. The van der Waals surface area contributed by atoms with Crippen LogP contribution in [0, 0.1) is 28.4 Å². The summed E-state index contributed by atoms with van der Waals surface area (Å²) in [6, 6.07) is 23.1. The van der Waals surface area contributed by atoms with Crippen molar-refractivity contribution in [1.29, 1.82) is 0 Å². The van der Waals surface area contributed by atoms with Crippen LogP contribution in [0.4, 0.5) is 28.4 Å². The Morgan fingerprint density at radius 1 is 0.872 bits per heavy atom. The number of fused-ring (bicyclic) bond motifs is 3. The smallest absolute Gasteiger partial charge is 0.293 e. The van der Waals surface area contributed by atoms with Crippen LogP contribution in [0.1, 0.15) is 125 Å². The number of piperidine rings is 1. The number of ether oxygens (including phenoxy) is 2. The average Bonchev–Trinajstić information content (AvgIpc) is 4.00. The maximum absolute atomic E-state index is 14.8. The Bertz CT molecular complexity index is 3170.